The molecule has 2 N–H and O–H groups in total. The fourth-order valence-corrected chi connectivity index (χ4v) is 4.61. The van der Waals surface area contributed by atoms with Crippen molar-refractivity contribution in [3.05, 3.63) is 52.2 Å². The highest BCUT2D eigenvalue weighted by Crippen LogP contribution is 2.66. The summed E-state index contributed by atoms with van der Waals surface area (Å²) in [4.78, 5) is 14.6. The van der Waals surface area contributed by atoms with Gasteiger partial charge in [0, 0.05) is 24.9 Å². The number of likely N-dealkylation sites (N-methyl/N-ethyl adjacent to an activating group) is 1. The average molecular weight is 441 g/mol. The van der Waals surface area contributed by atoms with Crippen LogP contribution in [0.2, 0.25) is 0 Å². The lowest BCUT2D eigenvalue weighted by Gasteiger charge is -2.29. The summed E-state index contributed by atoms with van der Waals surface area (Å²) >= 11 is 1.35. The third-order valence-electron chi connectivity index (χ3n) is 6.03. The second-order valence-corrected chi connectivity index (χ2v) is 9.04. The van der Waals surface area contributed by atoms with Crippen molar-refractivity contribution in [1.29, 1.82) is 0 Å². The van der Waals surface area contributed by atoms with E-state index in [9.17, 15) is 23.1 Å². The van der Waals surface area contributed by atoms with Gasteiger partial charge in [-0.15, -0.1) is 0 Å². The Labute approximate surface area is 178 Å². The van der Waals surface area contributed by atoms with Crippen molar-refractivity contribution in [3.8, 4) is 5.75 Å². The number of thiophene rings is 1. The molecule has 30 heavy (non-hydrogen) atoms. The first-order chi connectivity index (χ1) is 14.1. The number of phenolic OH excluding ortho intramolecular Hbond substituents is 1. The fraction of sp³-hybridized carbons (Fsp3) is 0.500. The quantitative estimate of drug-likeness (QED) is 0.601. The summed E-state index contributed by atoms with van der Waals surface area (Å²) < 4.78 is 41.2. The molecule has 0 saturated heterocycles. The summed E-state index contributed by atoms with van der Waals surface area (Å²) in [6.45, 7) is 0.335. The summed E-state index contributed by atoms with van der Waals surface area (Å²) in [5, 5.41) is 15.7. The molecule has 4 nitrogen and oxygen atoms in total. The van der Waals surface area contributed by atoms with Gasteiger partial charge in [-0.3, -0.25) is 4.79 Å². The molecule has 3 rings (SSSR count). The number of carbonyl (C=O) groups excluding carboxylic acids is 1. The number of aromatic hydroxyl groups is 1. The van der Waals surface area contributed by atoms with Crippen LogP contribution in [0, 0.1) is 5.41 Å². The first kappa shape index (κ1) is 22.6. The van der Waals surface area contributed by atoms with Crippen molar-refractivity contribution < 1.29 is 23.1 Å². The van der Waals surface area contributed by atoms with Crippen molar-refractivity contribution >= 4 is 17.2 Å². The lowest BCUT2D eigenvalue weighted by Crippen LogP contribution is -2.42. The topological polar surface area (TPSA) is 52.6 Å². The minimum Gasteiger partial charge on any atom is -0.508 e. The third kappa shape index (κ3) is 5.16. The molecule has 8 heteroatoms. The number of phenols is 1. The van der Waals surface area contributed by atoms with Crippen LogP contribution >= 0.6 is 11.3 Å². The lowest BCUT2D eigenvalue weighted by atomic mass is 9.81. The molecule has 1 aromatic heterocycles. The van der Waals surface area contributed by atoms with Crippen LogP contribution in [-0.4, -0.2) is 48.8 Å². The van der Waals surface area contributed by atoms with E-state index in [1.54, 1.807) is 29.0 Å². The number of carbonyl (C=O) groups is 1. The maximum absolute atomic E-state index is 13.7. The predicted octanol–water partition coefficient (Wildman–Crippen LogP) is 4.56. The number of nitrogens with zero attached hydrogens (tertiary/aromatic N) is 1. The number of alkyl halides is 3. The molecule has 1 heterocycles. The summed E-state index contributed by atoms with van der Waals surface area (Å²) in [7, 11) is 3.79. The Morgan fingerprint density at radius 1 is 1.23 bits per heavy atom. The van der Waals surface area contributed by atoms with Crippen LogP contribution in [0.1, 0.15) is 36.3 Å². The fourth-order valence-electron chi connectivity index (χ4n) is 3.90. The Hall–Kier alpha value is -2.06. The molecule has 164 valence electrons. The van der Waals surface area contributed by atoms with Crippen LogP contribution in [-0.2, 0) is 11.2 Å². The van der Waals surface area contributed by atoms with Crippen molar-refractivity contribution in [2.24, 2.45) is 5.41 Å². The van der Waals surface area contributed by atoms with Crippen LogP contribution in [0.5, 0.6) is 5.75 Å². The van der Waals surface area contributed by atoms with E-state index >= 15 is 0 Å². The molecule has 0 radical (unpaired) electrons. The van der Waals surface area contributed by atoms with E-state index in [4.69, 9.17) is 0 Å². The summed E-state index contributed by atoms with van der Waals surface area (Å²) in [5.74, 6) is -1.02. The third-order valence-corrected chi connectivity index (χ3v) is 6.73. The van der Waals surface area contributed by atoms with Gasteiger partial charge in [-0.1, -0.05) is 12.1 Å². The molecule has 1 fully saturated rings. The monoisotopic (exact) mass is 440 g/mol. The number of hydrogen-bond acceptors (Lipinski definition) is 4. The van der Waals surface area contributed by atoms with E-state index in [2.05, 4.69) is 5.32 Å². The van der Waals surface area contributed by atoms with Crippen molar-refractivity contribution in [3.63, 3.8) is 0 Å². The largest absolute Gasteiger partial charge is 0.508 e. The summed E-state index contributed by atoms with van der Waals surface area (Å²) in [6, 6.07) is 8.54. The molecular weight excluding hydrogens is 413 g/mol. The van der Waals surface area contributed by atoms with Crippen LogP contribution in [0.25, 0.3) is 0 Å². The van der Waals surface area contributed by atoms with E-state index < -0.39 is 17.5 Å². The Kier molecular flexibility index (Phi) is 6.77. The average Bonchev–Trinajstić information content (AvgIpc) is 3.32. The van der Waals surface area contributed by atoms with Crippen LogP contribution < -0.4 is 5.32 Å². The number of rotatable bonds is 9. The zero-order valence-corrected chi connectivity index (χ0v) is 17.9. The van der Waals surface area contributed by atoms with Crippen LogP contribution in [0.15, 0.2) is 41.1 Å². The van der Waals surface area contributed by atoms with Gasteiger partial charge in [-0.25, -0.2) is 0 Å². The van der Waals surface area contributed by atoms with Gasteiger partial charge in [0.1, 0.15) is 5.75 Å². The van der Waals surface area contributed by atoms with E-state index in [0.29, 0.717) is 18.5 Å². The highest BCUT2D eigenvalue weighted by molar-refractivity contribution is 7.08. The number of halogens is 3. The highest BCUT2D eigenvalue weighted by atomic mass is 32.1. The van der Waals surface area contributed by atoms with Gasteiger partial charge in [0.25, 0.3) is 0 Å². The second kappa shape index (κ2) is 8.98. The van der Waals surface area contributed by atoms with Crippen molar-refractivity contribution in [2.45, 2.75) is 43.8 Å². The first-order valence-electron chi connectivity index (χ1n) is 9.92. The normalized spacial score (nSPS) is 17.5. The summed E-state index contributed by atoms with van der Waals surface area (Å²) in [5.41, 5.74) is -0.178. The van der Waals surface area contributed by atoms with Crippen molar-refractivity contribution in [2.75, 3.05) is 20.6 Å². The van der Waals surface area contributed by atoms with Crippen LogP contribution in [0.4, 0.5) is 13.2 Å². The zero-order valence-electron chi connectivity index (χ0n) is 17.1. The molecule has 1 aliphatic rings. The molecular formula is C22H27F3N2O2S. The number of nitrogens with one attached hydrogen (secondary N) is 1. The number of hydrogen-bond donors (Lipinski definition) is 2. The standard InChI is InChI=1S/C22H27F3N2O2S/c1-27(2)17(11-15-3-5-18(28)6-4-15)13-26-20(29)12-19(16-7-10-30-14-16)21(8-9-21)22(23,24)25/h3-7,10,14,17,19,28H,8-9,11-13H2,1-2H3,(H,26,29)/t17-,19-/m0/s1. The molecule has 0 spiro atoms. The predicted molar refractivity (Wildman–Crippen MR) is 112 cm³/mol. The summed E-state index contributed by atoms with van der Waals surface area (Å²) in [6.07, 6.45) is -3.69. The molecule has 0 aliphatic heterocycles. The lowest BCUT2D eigenvalue weighted by molar-refractivity contribution is -0.194. The van der Waals surface area contributed by atoms with Gasteiger partial charge >= 0.3 is 6.18 Å². The minimum absolute atomic E-state index is 0.0180. The Morgan fingerprint density at radius 2 is 1.90 bits per heavy atom. The SMILES string of the molecule is CN(C)[C@H](CNC(=O)C[C@@H](c1ccsc1)C1(C(F)(F)F)CC1)Cc1ccc(O)cc1. The molecule has 0 unspecified atom stereocenters. The van der Waals surface area contributed by atoms with E-state index in [-0.39, 0.29) is 37.0 Å². The first-order valence-corrected chi connectivity index (χ1v) is 10.9. The highest BCUT2D eigenvalue weighted by Gasteiger charge is 2.67. The molecule has 1 saturated carbocycles. The number of amides is 1. The number of benzene rings is 1. The second-order valence-electron chi connectivity index (χ2n) is 8.26. The maximum Gasteiger partial charge on any atom is 0.395 e. The molecule has 2 atom stereocenters. The zero-order chi connectivity index (χ0) is 21.9. The molecule has 0 bridgehead atoms. The smallest absolute Gasteiger partial charge is 0.395 e. The van der Waals surface area contributed by atoms with Gasteiger partial charge in [0.05, 0.1) is 5.41 Å². The van der Waals surface area contributed by atoms with E-state index in [0.717, 1.165) is 5.56 Å². The van der Waals surface area contributed by atoms with Gasteiger partial charge in [0.15, 0.2) is 0 Å². The maximum atomic E-state index is 13.7. The van der Waals surface area contributed by atoms with E-state index in [1.165, 1.54) is 11.3 Å². The van der Waals surface area contributed by atoms with Crippen LogP contribution in [0.3, 0.4) is 0 Å². The molecule has 2 aromatic rings. The Morgan fingerprint density at radius 3 is 2.40 bits per heavy atom. The Bertz CT molecular complexity index is 831. The van der Waals surface area contributed by atoms with Gasteiger partial charge < -0.3 is 15.3 Å². The van der Waals surface area contributed by atoms with Crippen molar-refractivity contribution in [1.82, 2.24) is 10.2 Å². The molecule has 1 aromatic carbocycles. The van der Waals surface area contributed by atoms with E-state index in [1.807, 2.05) is 31.1 Å². The molecule has 1 amide bonds. The van der Waals surface area contributed by atoms with Gasteiger partial charge in [-0.05, 0) is 73.4 Å². The minimum atomic E-state index is -4.31. The molecule has 1 aliphatic carbocycles. The Balaban J connectivity index is 1.64. The van der Waals surface area contributed by atoms with Gasteiger partial charge in [0.2, 0.25) is 5.91 Å². The van der Waals surface area contributed by atoms with Gasteiger partial charge in [-0.2, -0.15) is 24.5 Å².